The van der Waals surface area contributed by atoms with E-state index < -0.39 is 5.92 Å². The molecule has 1 aromatic carbocycles. The normalized spacial score (nSPS) is 22.9. The molecule has 0 N–H and O–H groups in total. The van der Waals surface area contributed by atoms with Crippen LogP contribution in [0.3, 0.4) is 0 Å². The maximum Gasteiger partial charge on any atom is 0.234 e. The van der Waals surface area contributed by atoms with Crippen LogP contribution in [0.5, 0.6) is 0 Å². The number of carbonyl (C=O) groups is 2. The fourth-order valence-corrected chi connectivity index (χ4v) is 2.66. The number of rotatable bonds is 3. The minimum atomic E-state index is -0.630. The fraction of sp³-hybridized carbons (Fsp3) is 0.412. The van der Waals surface area contributed by atoms with Gasteiger partial charge in [-0.25, -0.2) is 0 Å². The number of likely N-dealkylation sites (tertiary alicyclic amines) is 1. The van der Waals surface area contributed by atoms with Gasteiger partial charge in [0.05, 0.1) is 0 Å². The summed E-state index contributed by atoms with van der Waals surface area (Å²) in [5.74, 6) is -0.938. The van der Waals surface area contributed by atoms with Crippen molar-refractivity contribution in [2.75, 3.05) is 6.54 Å². The van der Waals surface area contributed by atoms with Gasteiger partial charge in [-0.15, -0.1) is 6.58 Å². The molecule has 0 unspecified atom stereocenters. The summed E-state index contributed by atoms with van der Waals surface area (Å²) in [6.07, 6.45) is 1.73. The molecule has 0 aliphatic carbocycles. The monoisotopic (exact) mass is 271 g/mol. The van der Waals surface area contributed by atoms with Crippen LogP contribution in [0, 0.1) is 11.8 Å². The molecule has 1 saturated heterocycles. The number of hydrogen-bond donors (Lipinski definition) is 0. The zero-order chi connectivity index (χ0) is 14.9. The van der Waals surface area contributed by atoms with Crippen LogP contribution in [0.25, 0.3) is 0 Å². The highest BCUT2D eigenvalue weighted by atomic mass is 16.2. The Balaban J connectivity index is 2.33. The third kappa shape index (κ3) is 2.53. The van der Waals surface area contributed by atoms with Gasteiger partial charge in [-0.3, -0.25) is 9.59 Å². The second-order valence-corrected chi connectivity index (χ2v) is 6.23. The zero-order valence-corrected chi connectivity index (χ0v) is 12.3. The minimum absolute atomic E-state index is 0.0868. The first-order chi connectivity index (χ1) is 9.36. The fourth-order valence-electron chi connectivity index (χ4n) is 2.66. The molecule has 0 spiro atoms. The van der Waals surface area contributed by atoms with E-state index >= 15 is 0 Å². The molecular weight excluding hydrogens is 250 g/mol. The molecule has 1 fully saturated rings. The quantitative estimate of drug-likeness (QED) is 0.481. The first kappa shape index (κ1) is 14.5. The molecule has 2 atom stereocenters. The van der Waals surface area contributed by atoms with E-state index in [1.54, 1.807) is 23.1 Å². The Morgan fingerprint density at radius 2 is 1.90 bits per heavy atom. The highest BCUT2D eigenvalue weighted by Crippen LogP contribution is 2.33. The van der Waals surface area contributed by atoms with Gasteiger partial charge >= 0.3 is 0 Å². The molecule has 1 amide bonds. The van der Waals surface area contributed by atoms with Gasteiger partial charge in [-0.05, 0) is 20.8 Å². The molecule has 3 heteroatoms. The van der Waals surface area contributed by atoms with Crippen LogP contribution in [0.4, 0.5) is 0 Å². The lowest BCUT2D eigenvalue weighted by Crippen LogP contribution is -2.43. The van der Waals surface area contributed by atoms with Crippen molar-refractivity contribution in [1.82, 2.24) is 4.90 Å². The topological polar surface area (TPSA) is 37.4 Å². The van der Waals surface area contributed by atoms with Crippen LogP contribution in [0.1, 0.15) is 31.1 Å². The van der Waals surface area contributed by atoms with Crippen molar-refractivity contribution in [3.8, 4) is 0 Å². The largest absolute Gasteiger partial charge is 0.337 e. The summed E-state index contributed by atoms with van der Waals surface area (Å²) in [5, 5.41) is 0. The van der Waals surface area contributed by atoms with E-state index in [1.165, 1.54) is 0 Å². The second kappa shape index (κ2) is 5.23. The van der Waals surface area contributed by atoms with E-state index in [-0.39, 0.29) is 23.1 Å². The molecule has 1 aliphatic heterocycles. The third-order valence-corrected chi connectivity index (χ3v) is 3.81. The smallest absolute Gasteiger partial charge is 0.234 e. The molecule has 3 nitrogen and oxygen atoms in total. The van der Waals surface area contributed by atoms with Gasteiger partial charge in [-0.2, -0.15) is 0 Å². The zero-order valence-electron chi connectivity index (χ0n) is 12.3. The lowest BCUT2D eigenvalue weighted by molar-refractivity contribution is -0.133. The molecular formula is C17H21NO2. The number of nitrogens with zero attached hydrogens (tertiary/aromatic N) is 1. The van der Waals surface area contributed by atoms with Gasteiger partial charge in [0, 0.05) is 23.6 Å². The molecule has 106 valence electrons. The number of ketones is 1. The minimum Gasteiger partial charge on any atom is -0.337 e. The Hall–Kier alpha value is -1.90. The van der Waals surface area contributed by atoms with Crippen molar-refractivity contribution < 1.29 is 9.59 Å². The standard InChI is InChI=1S/C17H21NO2/c1-5-12-11-18(17(2,3)4)16(20)14(12)15(19)13-9-7-6-8-10-13/h5-10,12,14H,1,11H2,2-4H3/t12-,14-/m0/s1. The molecule has 0 radical (unpaired) electrons. The van der Waals surface area contributed by atoms with Crippen LogP contribution in [-0.2, 0) is 4.79 Å². The van der Waals surface area contributed by atoms with Crippen molar-refractivity contribution in [3.63, 3.8) is 0 Å². The van der Waals surface area contributed by atoms with E-state index in [4.69, 9.17) is 0 Å². The van der Waals surface area contributed by atoms with Gasteiger partial charge in [-0.1, -0.05) is 36.4 Å². The lowest BCUT2D eigenvalue weighted by atomic mass is 9.88. The maximum atomic E-state index is 12.6. The Kier molecular flexibility index (Phi) is 3.80. The Morgan fingerprint density at radius 3 is 2.40 bits per heavy atom. The van der Waals surface area contributed by atoms with Crippen LogP contribution < -0.4 is 0 Å². The highest BCUT2D eigenvalue weighted by Gasteiger charge is 2.46. The number of benzene rings is 1. The number of Topliss-reactive ketones (excluding diaryl/α,β-unsaturated/α-hetero) is 1. The van der Waals surface area contributed by atoms with Crippen LogP contribution in [-0.4, -0.2) is 28.7 Å². The first-order valence-corrected chi connectivity index (χ1v) is 6.89. The molecule has 0 aromatic heterocycles. The number of amides is 1. The van der Waals surface area contributed by atoms with Crippen LogP contribution in [0.15, 0.2) is 43.0 Å². The van der Waals surface area contributed by atoms with Gasteiger partial charge in [0.2, 0.25) is 5.91 Å². The van der Waals surface area contributed by atoms with Gasteiger partial charge < -0.3 is 4.90 Å². The van der Waals surface area contributed by atoms with Crippen LogP contribution in [0.2, 0.25) is 0 Å². The average Bonchev–Trinajstić information content (AvgIpc) is 2.75. The van der Waals surface area contributed by atoms with Gasteiger partial charge in [0.1, 0.15) is 5.92 Å². The summed E-state index contributed by atoms with van der Waals surface area (Å²) in [4.78, 5) is 27.0. The molecule has 0 saturated carbocycles. The van der Waals surface area contributed by atoms with E-state index in [0.717, 1.165) is 0 Å². The second-order valence-electron chi connectivity index (χ2n) is 6.23. The third-order valence-electron chi connectivity index (χ3n) is 3.81. The molecule has 0 bridgehead atoms. The number of hydrogen-bond acceptors (Lipinski definition) is 2. The van der Waals surface area contributed by atoms with Crippen molar-refractivity contribution in [2.45, 2.75) is 26.3 Å². The van der Waals surface area contributed by atoms with E-state index in [1.807, 2.05) is 39.0 Å². The number of carbonyl (C=O) groups excluding carboxylic acids is 2. The maximum absolute atomic E-state index is 12.6. The summed E-state index contributed by atoms with van der Waals surface area (Å²) >= 11 is 0. The summed E-state index contributed by atoms with van der Waals surface area (Å²) in [5.41, 5.74) is 0.317. The Labute approximate surface area is 120 Å². The molecule has 2 rings (SSSR count). The van der Waals surface area contributed by atoms with Crippen molar-refractivity contribution >= 4 is 11.7 Å². The molecule has 1 heterocycles. The average molecular weight is 271 g/mol. The Morgan fingerprint density at radius 1 is 1.30 bits per heavy atom. The van der Waals surface area contributed by atoms with Crippen molar-refractivity contribution in [2.24, 2.45) is 11.8 Å². The van der Waals surface area contributed by atoms with Gasteiger partial charge in [0.25, 0.3) is 0 Å². The molecule has 20 heavy (non-hydrogen) atoms. The van der Waals surface area contributed by atoms with Gasteiger partial charge in [0.15, 0.2) is 5.78 Å². The summed E-state index contributed by atoms with van der Waals surface area (Å²) in [6, 6.07) is 9.01. The predicted molar refractivity (Wildman–Crippen MR) is 79.4 cm³/mol. The lowest BCUT2D eigenvalue weighted by Gasteiger charge is -2.32. The Bertz CT molecular complexity index is 528. The van der Waals surface area contributed by atoms with Crippen molar-refractivity contribution in [1.29, 1.82) is 0 Å². The van der Waals surface area contributed by atoms with E-state index in [2.05, 4.69) is 6.58 Å². The van der Waals surface area contributed by atoms with Crippen molar-refractivity contribution in [3.05, 3.63) is 48.6 Å². The highest BCUT2D eigenvalue weighted by molar-refractivity contribution is 6.11. The molecule has 1 aromatic rings. The SMILES string of the molecule is C=C[C@H]1CN(C(C)(C)C)C(=O)[C@@H]1C(=O)c1ccccc1. The van der Waals surface area contributed by atoms with E-state index in [9.17, 15) is 9.59 Å². The molecule has 1 aliphatic rings. The van der Waals surface area contributed by atoms with Crippen LogP contribution >= 0.6 is 0 Å². The summed E-state index contributed by atoms with van der Waals surface area (Å²) in [7, 11) is 0. The first-order valence-electron chi connectivity index (χ1n) is 6.89. The summed E-state index contributed by atoms with van der Waals surface area (Å²) < 4.78 is 0. The predicted octanol–water partition coefficient (Wildman–Crippen LogP) is 2.93. The summed E-state index contributed by atoms with van der Waals surface area (Å²) in [6.45, 7) is 10.3. The van der Waals surface area contributed by atoms with E-state index in [0.29, 0.717) is 12.1 Å².